The van der Waals surface area contributed by atoms with Gasteiger partial charge in [-0.1, -0.05) is 19.4 Å². The van der Waals surface area contributed by atoms with E-state index in [1.807, 2.05) is 13.8 Å². The highest BCUT2D eigenvalue weighted by molar-refractivity contribution is 5.87. The Bertz CT molecular complexity index is 181. The molecule has 0 aromatic heterocycles. The molecule has 3 heteroatoms. The number of allylic oxidation sites excluding steroid dienone is 1. The first-order valence-corrected chi connectivity index (χ1v) is 4.68. The summed E-state index contributed by atoms with van der Waals surface area (Å²) in [6.07, 6.45) is 1.61. The quantitative estimate of drug-likeness (QED) is 0.495. The maximum absolute atomic E-state index is 11.1. The number of hydrogen-bond acceptors (Lipinski definition) is 2. The minimum absolute atomic E-state index is 0.00874. The summed E-state index contributed by atoms with van der Waals surface area (Å²) in [5, 5.41) is 6.01. The minimum atomic E-state index is -0.00874. The summed E-state index contributed by atoms with van der Waals surface area (Å²) < 4.78 is 0. The van der Waals surface area contributed by atoms with Crippen molar-refractivity contribution in [2.45, 2.75) is 33.7 Å². The summed E-state index contributed by atoms with van der Waals surface area (Å²) in [5.74, 6) is -0.00874. The zero-order chi connectivity index (χ0) is 10.3. The van der Waals surface area contributed by atoms with Crippen LogP contribution in [0.25, 0.3) is 0 Å². The molecule has 3 nitrogen and oxygen atoms in total. The van der Waals surface area contributed by atoms with E-state index >= 15 is 0 Å². The van der Waals surface area contributed by atoms with E-state index in [-0.39, 0.29) is 5.91 Å². The molecule has 0 saturated carbocycles. The topological polar surface area (TPSA) is 41.1 Å². The summed E-state index contributed by atoms with van der Waals surface area (Å²) in [6, 6.07) is 0.473. The SMILES string of the molecule is CC(C)=CC(=O)NCCNC(C)C. The van der Waals surface area contributed by atoms with Crippen LogP contribution in [0.4, 0.5) is 0 Å². The molecule has 0 aromatic carbocycles. The number of hydrogen-bond donors (Lipinski definition) is 2. The van der Waals surface area contributed by atoms with Gasteiger partial charge in [0.2, 0.25) is 5.91 Å². The standard InChI is InChI=1S/C10H20N2O/c1-8(2)7-10(13)12-6-5-11-9(3)4/h7,9,11H,5-6H2,1-4H3,(H,12,13). The lowest BCUT2D eigenvalue weighted by molar-refractivity contribution is -0.116. The van der Waals surface area contributed by atoms with E-state index in [9.17, 15) is 4.79 Å². The van der Waals surface area contributed by atoms with Gasteiger partial charge in [-0.15, -0.1) is 0 Å². The minimum Gasteiger partial charge on any atom is -0.351 e. The number of rotatable bonds is 5. The first-order chi connectivity index (χ1) is 6.02. The van der Waals surface area contributed by atoms with Gasteiger partial charge in [0.15, 0.2) is 0 Å². The Morgan fingerprint density at radius 2 is 1.92 bits per heavy atom. The smallest absolute Gasteiger partial charge is 0.243 e. The van der Waals surface area contributed by atoms with Crippen molar-refractivity contribution < 1.29 is 4.79 Å². The maximum atomic E-state index is 11.1. The largest absolute Gasteiger partial charge is 0.351 e. The average Bonchev–Trinajstić information content (AvgIpc) is 1.96. The Kier molecular flexibility index (Phi) is 6.24. The van der Waals surface area contributed by atoms with Gasteiger partial charge in [0, 0.05) is 25.2 Å². The van der Waals surface area contributed by atoms with Crippen LogP contribution in [0, 0.1) is 0 Å². The molecule has 13 heavy (non-hydrogen) atoms. The van der Waals surface area contributed by atoms with E-state index in [4.69, 9.17) is 0 Å². The summed E-state index contributed by atoms with van der Waals surface area (Å²) in [5.41, 5.74) is 1.02. The fourth-order valence-corrected chi connectivity index (χ4v) is 0.860. The van der Waals surface area contributed by atoms with Gasteiger partial charge in [-0.05, 0) is 13.8 Å². The Labute approximate surface area is 80.6 Å². The van der Waals surface area contributed by atoms with Gasteiger partial charge in [-0.2, -0.15) is 0 Å². The van der Waals surface area contributed by atoms with Crippen molar-refractivity contribution in [1.82, 2.24) is 10.6 Å². The normalized spacial score (nSPS) is 9.92. The zero-order valence-corrected chi connectivity index (χ0v) is 8.98. The number of nitrogens with one attached hydrogen (secondary N) is 2. The molecule has 1 amide bonds. The third-order valence-corrected chi connectivity index (χ3v) is 1.40. The molecule has 0 radical (unpaired) electrons. The third-order valence-electron chi connectivity index (χ3n) is 1.40. The lowest BCUT2D eigenvalue weighted by Crippen LogP contribution is -2.33. The van der Waals surface area contributed by atoms with Crippen molar-refractivity contribution in [2.24, 2.45) is 0 Å². The van der Waals surface area contributed by atoms with E-state index in [2.05, 4.69) is 24.5 Å². The van der Waals surface area contributed by atoms with Crippen LogP contribution in [0.3, 0.4) is 0 Å². The highest BCUT2D eigenvalue weighted by Crippen LogP contribution is 1.86. The van der Waals surface area contributed by atoms with E-state index < -0.39 is 0 Å². The van der Waals surface area contributed by atoms with Crippen LogP contribution >= 0.6 is 0 Å². The average molecular weight is 184 g/mol. The molecule has 0 aliphatic carbocycles. The van der Waals surface area contributed by atoms with Crippen LogP contribution in [-0.2, 0) is 4.79 Å². The first-order valence-electron chi connectivity index (χ1n) is 4.68. The zero-order valence-electron chi connectivity index (χ0n) is 8.98. The highest BCUT2D eigenvalue weighted by atomic mass is 16.1. The van der Waals surface area contributed by atoms with E-state index in [1.165, 1.54) is 0 Å². The van der Waals surface area contributed by atoms with Crippen molar-refractivity contribution >= 4 is 5.91 Å². The van der Waals surface area contributed by atoms with E-state index in [0.717, 1.165) is 12.1 Å². The maximum Gasteiger partial charge on any atom is 0.243 e. The second-order valence-corrected chi connectivity index (χ2v) is 3.62. The van der Waals surface area contributed by atoms with E-state index in [0.29, 0.717) is 12.6 Å². The molecule has 2 N–H and O–H groups in total. The molecule has 0 aliphatic rings. The molecule has 0 saturated heterocycles. The fraction of sp³-hybridized carbons (Fsp3) is 0.700. The Hall–Kier alpha value is -0.830. The molecule has 76 valence electrons. The second-order valence-electron chi connectivity index (χ2n) is 3.62. The molecule has 0 fully saturated rings. The van der Waals surface area contributed by atoms with Crippen molar-refractivity contribution in [3.05, 3.63) is 11.6 Å². The predicted octanol–water partition coefficient (Wildman–Crippen LogP) is 1.07. The Morgan fingerprint density at radius 1 is 1.31 bits per heavy atom. The molecular formula is C10H20N2O. The molecule has 0 heterocycles. The van der Waals surface area contributed by atoms with Crippen molar-refractivity contribution in [3.63, 3.8) is 0 Å². The number of carbonyl (C=O) groups is 1. The van der Waals surface area contributed by atoms with Gasteiger partial charge in [-0.3, -0.25) is 4.79 Å². The number of carbonyl (C=O) groups excluding carboxylic acids is 1. The molecule has 0 aromatic rings. The first kappa shape index (κ1) is 12.2. The van der Waals surface area contributed by atoms with Crippen molar-refractivity contribution in [2.75, 3.05) is 13.1 Å². The summed E-state index contributed by atoms with van der Waals surface area (Å²) in [7, 11) is 0. The van der Waals surface area contributed by atoms with Gasteiger partial charge in [0.1, 0.15) is 0 Å². The molecule has 0 rings (SSSR count). The Balaban J connectivity index is 3.44. The fourth-order valence-electron chi connectivity index (χ4n) is 0.860. The molecule has 0 atom stereocenters. The molecule has 0 bridgehead atoms. The van der Waals surface area contributed by atoms with Crippen molar-refractivity contribution in [3.8, 4) is 0 Å². The van der Waals surface area contributed by atoms with Gasteiger partial charge < -0.3 is 10.6 Å². The van der Waals surface area contributed by atoms with Crippen molar-refractivity contribution in [1.29, 1.82) is 0 Å². The van der Waals surface area contributed by atoms with Crippen LogP contribution in [0.2, 0.25) is 0 Å². The molecule has 0 aliphatic heterocycles. The highest BCUT2D eigenvalue weighted by Gasteiger charge is 1.95. The Morgan fingerprint density at radius 3 is 2.38 bits per heavy atom. The van der Waals surface area contributed by atoms with Crippen LogP contribution in [0.5, 0.6) is 0 Å². The molecule has 0 unspecified atom stereocenters. The third kappa shape index (κ3) is 9.08. The van der Waals surface area contributed by atoms with Crippen LogP contribution in [0.1, 0.15) is 27.7 Å². The summed E-state index contributed by atoms with van der Waals surface area (Å²) >= 11 is 0. The monoisotopic (exact) mass is 184 g/mol. The number of amides is 1. The lowest BCUT2D eigenvalue weighted by atomic mass is 10.3. The van der Waals surface area contributed by atoms with Gasteiger partial charge >= 0.3 is 0 Å². The lowest BCUT2D eigenvalue weighted by Gasteiger charge is -2.07. The van der Waals surface area contributed by atoms with Crippen LogP contribution in [0.15, 0.2) is 11.6 Å². The second kappa shape index (κ2) is 6.66. The summed E-state index contributed by atoms with van der Waals surface area (Å²) in [4.78, 5) is 11.1. The summed E-state index contributed by atoms with van der Waals surface area (Å²) in [6.45, 7) is 9.48. The van der Waals surface area contributed by atoms with Gasteiger partial charge in [-0.25, -0.2) is 0 Å². The predicted molar refractivity (Wildman–Crippen MR) is 55.6 cm³/mol. The van der Waals surface area contributed by atoms with E-state index in [1.54, 1.807) is 6.08 Å². The van der Waals surface area contributed by atoms with Crippen LogP contribution < -0.4 is 10.6 Å². The molecular weight excluding hydrogens is 164 g/mol. The van der Waals surface area contributed by atoms with Gasteiger partial charge in [0.05, 0.1) is 0 Å². The van der Waals surface area contributed by atoms with Gasteiger partial charge in [0.25, 0.3) is 0 Å². The van der Waals surface area contributed by atoms with Crippen LogP contribution in [-0.4, -0.2) is 25.0 Å². The molecule has 0 spiro atoms.